The van der Waals surface area contributed by atoms with Gasteiger partial charge in [0.25, 0.3) is 0 Å². The molecule has 3 nitrogen and oxygen atoms in total. The Hall–Kier alpha value is -1.35. The van der Waals surface area contributed by atoms with Crippen LogP contribution in [0.5, 0.6) is 0 Å². The highest BCUT2D eigenvalue weighted by molar-refractivity contribution is 5.83. The van der Waals surface area contributed by atoms with Gasteiger partial charge in [-0.05, 0) is 74.7 Å². The van der Waals surface area contributed by atoms with E-state index in [0.717, 1.165) is 36.2 Å². The van der Waals surface area contributed by atoms with Crippen molar-refractivity contribution in [3.8, 4) is 0 Å². The number of rotatable bonds is 5. The van der Waals surface area contributed by atoms with Crippen LogP contribution in [0.3, 0.4) is 0 Å². The van der Waals surface area contributed by atoms with Gasteiger partial charge in [-0.15, -0.1) is 0 Å². The smallest absolute Gasteiger partial charge is 0.241 e. The lowest BCUT2D eigenvalue weighted by Gasteiger charge is -2.57. The van der Waals surface area contributed by atoms with Crippen molar-refractivity contribution in [3.63, 3.8) is 0 Å². The van der Waals surface area contributed by atoms with Crippen LogP contribution in [-0.4, -0.2) is 17.5 Å². The highest BCUT2D eigenvalue weighted by atomic mass is 16.2. The van der Waals surface area contributed by atoms with E-state index in [2.05, 4.69) is 22.8 Å². The minimum absolute atomic E-state index is 0.180. The highest BCUT2D eigenvalue weighted by Crippen LogP contribution is 2.56. The maximum atomic E-state index is 12.9. The Morgan fingerprint density at radius 2 is 1.54 bits per heavy atom. The predicted molar refractivity (Wildman–Crippen MR) is 94.4 cm³/mol. The molecular formula is C21H28N2O. The minimum Gasteiger partial charge on any atom is -0.352 e. The summed E-state index contributed by atoms with van der Waals surface area (Å²) in [5, 5.41) is 7.13. The zero-order valence-electron chi connectivity index (χ0n) is 14.3. The SMILES string of the molecule is O=C(NC1CC1)[C@H](NC12CC3CC(CC(C3)C1)C2)c1ccccc1. The van der Waals surface area contributed by atoms with Crippen molar-refractivity contribution in [3.05, 3.63) is 35.9 Å². The second-order valence-corrected chi connectivity index (χ2v) is 8.97. The maximum Gasteiger partial charge on any atom is 0.241 e. The molecule has 2 N–H and O–H groups in total. The van der Waals surface area contributed by atoms with E-state index < -0.39 is 0 Å². The van der Waals surface area contributed by atoms with Gasteiger partial charge >= 0.3 is 0 Å². The third kappa shape index (κ3) is 2.77. The number of hydrogen-bond acceptors (Lipinski definition) is 2. The van der Waals surface area contributed by atoms with Crippen molar-refractivity contribution >= 4 is 5.91 Å². The van der Waals surface area contributed by atoms with Gasteiger partial charge in [-0.1, -0.05) is 30.3 Å². The lowest BCUT2D eigenvalue weighted by Crippen LogP contribution is -2.60. The molecule has 1 amide bonds. The molecule has 5 fully saturated rings. The van der Waals surface area contributed by atoms with Crippen LogP contribution in [0, 0.1) is 17.8 Å². The van der Waals surface area contributed by atoms with Gasteiger partial charge in [0, 0.05) is 11.6 Å². The van der Waals surface area contributed by atoms with Crippen LogP contribution in [0.4, 0.5) is 0 Å². The highest BCUT2D eigenvalue weighted by Gasteiger charge is 2.52. The fourth-order valence-corrected chi connectivity index (χ4v) is 6.05. The summed E-state index contributed by atoms with van der Waals surface area (Å²) < 4.78 is 0. The Kier molecular flexibility index (Phi) is 3.48. The summed E-state index contributed by atoms with van der Waals surface area (Å²) in [4.78, 5) is 12.9. The molecule has 128 valence electrons. The van der Waals surface area contributed by atoms with Crippen LogP contribution >= 0.6 is 0 Å². The third-order valence-electron chi connectivity index (χ3n) is 6.81. The van der Waals surface area contributed by atoms with E-state index in [0.29, 0.717) is 6.04 Å². The molecule has 6 rings (SSSR count). The number of carbonyl (C=O) groups is 1. The number of carbonyl (C=O) groups excluding carboxylic acids is 1. The van der Waals surface area contributed by atoms with Gasteiger partial charge in [0.2, 0.25) is 5.91 Å². The topological polar surface area (TPSA) is 41.1 Å². The van der Waals surface area contributed by atoms with Gasteiger partial charge < -0.3 is 5.32 Å². The Morgan fingerprint density at radius 1 is 0.958 bits per heavy atom. The average molecular weight is 324 g/mol. The molecule has 0 aromatic heterocycles. The molecule has 0 unspecified atom stereocenters. The van der Waals surface area contributed by atoms with Crippen molar-refractivity contribution in [2.45, 2.75) is 69.0 Å². The molecule has 5 aliphatic rings. The summed E-state index contributed by atoms with van der Waals surface area (Å²) in [5.41, 5.74) is 1.32. The summed E-state index contributed by atoms with van der Waals surface area (Å²) in [7, 11) is 0. The fourth-order valence-electron chi connectivity index (χ4n) is 6.05. The summed E-state index contributed by atoms with van der Waals surface area (Å²) >= 11 is 0. The molecule has 0 aliphatic heterocycles. The first-order valence-corrected chi connectivity index (χ1v) is 9.82. The number of hydrogen-bond donors (Lipinski definition) is 2. The molecule has 5 aliphatic carbocycles. The quantitative estimate of drug-likeness (QED) is 0.869. The lowest BCUT2D eigenvalue weighted by molar-refractivity contribution is -0.125. The maximum absolute atomic E-state index is 12.9. The van der Waals surface area contributed by atoms with Crippen molar-refractivity contribution in [1.82, 2.24) is 10.6 Å². The molecule has 5 saturated carbocycles. The zero-order valence-corrected chi connectivity index (χ0v) is 14.3. The van der Waals surface area contributed by atoms with Crippen LogP contribution in [0.25, 0.3) is 0 Å². The number of benzene rings is 1. The number of nitrogens with one attached hydrogen (secondary N) is 2. The zero-order chi connectivity index (χ0) is 16.1. The van der Waals surface area contributed by atoms with Gasteiger partial charge in [-0.25, -0.2) is 0 Å². The average Bonchev–Trinajstić information content (AvgIpc) is 3.36. The van der Waals surface area contributed by atoms with Crippen LogP contribution in [-0.2, 0) is 4.79 Å². The van der Waals surface area contributed by atoms with E-state index >= 15 is 0 Å². The molecule has 1 atom stereocenters. The molecule has 3 heteroatoms. The second kappa shape index (κ2) is 5.59. The van der Waals surface area contributed by atoms with Gasteiger partial charge in [0.05, 0.1) is 0 Å². The first-order chi connectivity index (χ1) is 11.7. The Balaban J connectivity index is 1.41. The molecule has 0 saturated heterocycles. The molecule has 1 aromatic rings. The van der Waals surface area contributed by atoms with E-state index in [1.54, 1.807) is 0 Å². The van der Waals surface area contributed by atoms with Crippen LogP contribution in [0.2, 0.25) is 0 Å². The van der Waals surface area contributed by atoms with E-state index in [-0.39, 0.29) is 17.5 Å². The predicted octanol–water partition coefficient (Wildman–Crippen LogP) is 3.56. The van der Waals surface area contributed by atoms with E-state index in [1.807, 2.05) is 18.2 Å². The van der Waals surface area contributed by atoms with E-state index in [4.69, 9.17) is 0 Å². The first kappa shape index (κ1) is 14.9. The van der Waals surface area contributed by atoms with Crippen LogP contribution in [0.1, 0.15) is 63.0 Å². The Bertz CT molecular complexity index is 587. The van der Waals surface area contributed by atoms with Crippen LogP contribution in [0.15, 0.2) is 30.3 Å². The summed E-state index contributed by atoms with van der Waals surface area (Å²) in [6.45, 7) is 0. The Labute approximate surface area is 144 Å². The lowest BCUT2D eigenvalue weighted by atomic mass is 9.53. The normalized spacial score (nSPS) is 38.1. The van der Waals surface area contributed by atoms with Gasteiger partial charge in [0.15, 0.2) is 0 Å². The van der Waals surface area contributed by atoms with Crippen molar-refractivity contribution in [2.75, 3.05) is 0 Å². The summed E-state index contributed by atoms with van der Waals surface area (Å²) in [6, 6.07) is 10.6. The second-order valence-electron chi connectivity index (χ2n) is 8.97. The molecule has 4 bridgehead atoms. The monoisotopic (exact) mass is 324 g/mol. The minimum atomic E-state index is -0.192. The van der Waals surface area contributed by atoms with Crippen molar-refractivity contribution in [2.24, 2.45) is 17.8 Å². The summed E-state index contributed by atoms with van der Waals surface area (Å²) in [6.07, 6.45) is 10.4. The van der Waals surface area contributed by atoms with E-state index in [9.17, 15) is 4.79 Å². The van der Waals surface area contributed by atoms with Crippen molar-refractivity contribution < 1.29 is 4.79 Å². The Morgan fingerprint density at radius 3 is 2.08 bits per heavy atom. The third-order valence-corrected chi connectivity index (χ3v) is 6.81. The molecular weight excluding hydrogens is 296 g/mol. The molecule has 1 aromatic carbocycles. The van der Waals surface area contributed by atoms with Gasteiger partial charge in [-0.2, -0.15) is 0 Å². The molecule has 24 heavy (non-hydrogen) atoms. The summed E-state index contributed by atoms with van der Waals surface area (Å²) in [5.74, 6) is 2.87. The first-order valence-electron chi connectivity index (χ1n) is 9.82. The molecule has 0 radical (unpaired) electrons. The largest absolute Gasteiger partial charge is 0.352 e. The number of amides is 1. The van der Waals surface area contributed by atoms with Gasteiger partial charge in [0.1, 0.15) is 6.04 Å². The fraction of sp³-hybridized carbons (Fsp3) is 0.667. The van der Waals surface area contributed by atoms with Crippen LogP contribution < -0.4 is 10.6 Å². The van der Waals surface area contributed by atoms with Gasteiger partial charge in [-0.3, -0.25) is 10.1 Å². The molecule has 0 heterocycles. The van der Waals surface area contributed by atoms with E-state index in [1.165, 1.54) is 38.5 Å². The molecule has 0 spiro atoms. The standard InChI is InChI=1S/C21H28N2O/c24-20(22-18-6-7-18)19(17-4-2-1-3-5-17)23-21-11-14-8-15(12-21)10-16(9-14)13-21/h1-5,14-16,18-19,23H,6-13H2,(H,22,24)/t14?,15?,16?,19-,21?/m1/s1. The van der Waals surface area contributed by atoms with Crippen molar-refractivity contribution in [1.29, 1.82) is 0 Å².